The highest BCUT2D eigenvalue weighted by Crippen LogP contribution is 2.34. The van der Waals surface area contributed by atoms with Gasteiger partial charge in [-0.1, -0.05) is 41.4 Å². The van der Waals surface area contributed by atoms with Gasteiger partial charge >= 0.3 is 0 Å². The Morgan fingerprint density at radius 2 is 1.66 bits per heavy atom. The molecule has 0 bridgehead atoms. The summed E-state index contributed by atoms with van der Waals surface area (Å²) in [5, 5.41) is 0.477. The van der Waals surface area contributed by atoms with Crippen LogP contribution in [0.5, 0.6) is 5.75 Å². The minimum absolute atomic E-state index is 0.0291. The molecule has 1 heterocycles. The Hall–Kier alpha value is -2.94. The van der Waals surface area contributed by atoms with Crippen LogP contribution in [0.3, 0.4) is 0 Å². The van der Waals surface area contributed by atoms with E-state index in [0.717, 1.165) is 15.6 Å². The van der Waals surface area contributed by atoms with Crippen LogP contribution in [-0.2, 0) is 14.8 Å². The lowest BCUT2D eigenvalue weighted by atomic mass is 10.1. The van der Waals surface area contributed by atoms with Gasteiger partial charge in [0.2, 0.25) is 5.91 Å². The summed E-state index contributed by atoms with van der Waals surface area (Å²) in [6, 6.07) is 15.6. The third-order valence-electron chi connectivity index (χ3n) is 6.91. The van der Waals surface area contributed by atoms with E-state index in [1.54, 1.807) is 30.0 Å². The maximum absolute atomic E-state index is 14.0. The van der Waals surface area contributed by atoms with Gasteiger partial charge in [-0.3, -0.25) is 9.10 Å². The standard InChI is InChI=1S/C28H31Cl2N3O4S/c1-19-8-11-26(37-4)27(16-19)38(35,36)33(22-9-10-23(29)24(30)17-22)18-28(34)32-14-12-31(13-15-32)25-7-5-6-20(2)21(25)3/h5-11,16-17H,12-15,18H2,1-4H3. The highest BCUT2D eigenvalue weighted by atomic mass is 35.5. The Labute approximate surface area is 234 Å². The number of rotatable bonds is 7. The molecule has 1 fully saturated rings. The Balaban J connectivity index is 1.61. The van der Waals surface area contributed by atoms with E-state index in [4.69, 9.17) is 27.9 Å². The number of benzene rings is 3. The molecule has 0 aliphatic carbocycles. The van der Waals surface area contributed by atoms with Gasteiger partial charge in [-0.25, -0.2) is 8.42 Å². The number of amides is 1. The average molecular weight is 577 g/mol. The summed E-state index contributed by atoms with van der Waals surface area (Å²) in [5.74, 6) is -0.109. The van der Waals surface area contributed by atoms with E-state index in [-0.39, 0.29) is 38.8 Å². The molecule has 202 valence electrons. The van der Waals surface area contributed by atoms with Crippen molar-refractivity contribution in [3.05, 3.63) is 81.3 Å². The van der Waals surface area contributed by atoms with Crippen LogP contribution < -0.4 is 13.9 Å². The number of ether oxygens (including phenoxy) is 1. The molecule has 10 heteroatoms. The van der Waals surface area contributed by atoms with E-state index < -0.39 is 10.0 Å². The van der Waals surface area contributed by atoms with Gasteiger partial charge in [0.15, 0.2) is 0 Å². The first-order valence-electron chi connectivity index (χ1n) is 12.2. The molecule has 0 radical (unpaired) electrons. The number of carbonyl (C=O) groups excluding carboxylic acids is 1. The van der Waals surface area contributed by atoms with Gasteiger partial charge in [0.25, 0.3) is 10.0 Å². The minimum atomic E-state index is -4.20. The molecule has 0 spiro atoms. The van der Waals surface area contributed by atoms with Crippen LogP contribution in [0, 0.1) is 20.8 Å². The van der Waals surface area contributed by atoms with Crippen molar-refractivity contribution in [1.29, 1.82) is 0 Å². The number of hydrogen-bond donors (Lipinski definition) is 0. The minimum Gasteiger partial charge on any atom is -0.495 e. The average Bonchev–Trinajstić information content (AvgIpc) is 2.90. The molecular weight excluding hydrogens is 545 g/mol. The van der Waals surface area contributed by atoms with Crippen LogP contribution in [0.1, 0.15) is 16.7 Å². The van der Waals surface area contributed by atoms with Gasteiger partial charge in [-0.05, 0) is 73.9 Å². The largest absolute Gasteiger partial charge is 0.495 e. The van der Waals surface area contributed by atoms with Crippen LogP contribution >= 0.6 is 23.2 Å². The third-order valence-corrected chi connectivity index (χ3v) is 9.44. The number of aryl methyl sites for hydroxylation is 2. The number of carbonyl (C=O) groups is 1. The van der Waals surface area contributed by atoms with Gasteiger partial charge in [-0.15, -0.1) is 0 Å². The van der Waals surface area contributed by atoms with E-state index in [9.17, 15) is 13.2 Å². The molecule has 0 aromatic heterocycles. The van der Waals surface area contributed by atoms with Crippen molar-refractivity contribution >= 4 is 50.5 Å². The monoisotopic (exact) mass is 575 g/mol. The summed E-state index contributed by atoms with van der Waals surface area (Å²) < 4.78 is 34.4. The molecule has 3 aromatic rings. The predicted molar refractivity (Wildman–Crippen MR) is 153 cm³/mol. The zero-order chi connectivity index (χ0) is 27.6. The molecule has 1 aliphatic rings. The summed E-state index contributed by atoms with van der Waals surface area (Å²) in [4.78, 5) is 17.4. The molecule has 1 aliphatic heterocycles. The fraction of sp³-hybridized carbons (Fsp3) is 0.321. The number of halogens is 2. The van der Waals surface area contributed by atoms with Crippen LogP contribution in [0.2, 0.25) is 10.0 Å². The summed E-state index contributed by atoms with van der Waals surface area (Å²) in [6.07, 6.45) is 0. The van der Waals surface area contributed by atoms with Gasteiger partial charge in [0.05, 0.1) is 22.8 Å². The van der Waals surface area contributed by atoms with Crippen LogP contribution in [-0.4, -0.2) is 59.1 Å². The second kappa shape index (κ2) is 11.4. The lowest BCUT2D eigenvalue weighted by Crippen LogP contribution is -2.52. The molecule has 0 atom stereocenters. The molecule has 4 rings (SSSR count). The molecule has 0 N–H and O–H groups in total. The van der Waals surface area contributed by atoms with E-state index in [1.807, 2.05) is 6.07 Å². The molecular formula is C28H31Cl2N3O4S. The molecule has 0 saturated carbocycles. The smallest absolute Gasteiger partial charge is 0.268 e. The Bertz CT molecular complexity index is 1450. The van der Waals surface area contributed by atoms with Crippen molar-refractivity contribution < 1.29 is 17.9 Å². The molecule has 0 unspecified atom stereocenters. The maximum Gasteiger partial charge on any atom is 0.268 e. The second-order valence-corrected chi connectivity index (χ2v) is 12.0. The number of methoxy groups -OCH3 is 1. The van der Waals surface area contributed by atoms with Crippen molar-refractivity contribution in [2.75, 3.05) is 49.0 Å². The number of anilines is 2. The van der Waals surface area contributed by atoms with Crippen molar-refractivity contribution in [3.63, 3.8) is 0 Å². The molecule has 7 nitrogen and oxygen atoms in total. The highest BCUT2D eigenvalue weighted by molar-refractivity contribution is 7.93. The van der Waals surface area contributed by atoms with Crippen molar-refractivity contribution in [2.24, 2.45) is 0 Å². The highest BCUT2D eigenvalue weighted by Gasteiger charge is 2.33. The predicted octanol–water partition coefficient (Wildman–Crippen LogP) is 5.47. The zero-order valence-corrected chi connectivity index (χ0v) is 24.2. The lowest BCUT2D eigenvalue weighted by Gasteiger charge is -2.38. The third kappa shape index (κ3) is 5.72. The first kappa shape index (κ1) is 28.1. The Kier molecular flexibility index (Phi) is 8.45. The van der Waals surface area contributed by atoms with Gasteiger partial charge in [-0.2, -0.15) is 0 Å². The first-order valence-corrected chi connectivity index (χ1v) is 14.4. The van der Waals surface area contributed by atoms with Crippen molar-refractivity contribution in [1.82, 2.24) is 4.90 Å². The van der Waals surface area contributed by atoms with E-state index in [0.29, 0.717) is 26.2 Å². The van der Waals surface area contributed by atoms with Gasteiger partial charge < -0.3 is 14.5 Å². The van der Waals surface area contributed by atoms with Crippen molar-refractivity contribution in [2.45, 2.75) is 25.7 Å². The van der Waals surface area contributed by atoms with E-state index in [1.165, 1.54) is 36.4 Å². The second-order valence-electron chi connectivity index (χ2n) is 9.35. The molecule has 1 amide bonds. The molecule has 1 saturated heterocycles. The number of piperazine rings is 1. The van der Waals surface area contributed by atoms with Crippen LogP contribution in [0.25, 0.3) is 0 Å². The fourth-order valence-corrected chi connectivity index (χ4v) is 6.50. The summed E-state index contributed by atoms with van der Waals surface area (Å²) in [6.45, 7) is 7.86. The number of hydrogen-bond acceptors (Lipinski definition) is 5. The van der Waals surface area contributed by atoms with Gasteiger partial charge in [0.1, 0.15) is 17.2 Å². The molecule has 3 aromatic carbocycles. The van der Waals surface area contributed by atoms with Gasteiger partial charge in [0, 0.05) is 31.9 Å². The number of nitrogens with zero attached hydrogens (tertiary/aromatic N) is 3. The van der Waals surface area contributed by atoms with Crippen LogP contribution in [0.15, 0.2) is 59.5 Å². The fourth-order valence-electron chi connectivity index (χ4n) is 4.56. The van der Waals surface area contributed by atoms with Crippen molar-refractivity contribution in [3.8, 4) is 5.75 Å². The Morgan fingerprint density at radius 3 is 2.32 bits per heavy atom. The maximum atomic E-state index is 14.0. The van der Waals surface area contributed by atoms with E-state index >= 15 is 0 Å². The van der Waals surface area contributed by atoms with E-state index in [2.05, 4.69) is 30.9 Å². The molecule has 38 heavy (non-hydrogen) atoms. The summed E-state index contributed by atoms with van der Waals surface area (Å²) in [7, 11) is -2.79. The summed E-state index contributed by atoms with van der Waals surface area (Å²) in [5.41, 5.74) is 4.58. The summed E-state index contributed by atoms with van der Waals surface area (Å²) >= 11 is 12.3. The quantitative estimate of drug-likeness (QED) is 0.373. The first-order chi connectivity index (χ1) is 18.0. The number of sulfonamides is 1. The normalized spacial score (nSPS) is 13.9. The topological polar surface area (TPSA) is 70.2 Å². The zero-order valence-electron chi connectivity index (χ0n) is 21.9. The SMILES string of the molecule is COc1ccc(C)cc1S(=O)(=O)N(CC(=O)N1CCN(c2cccc(C)c2C)CC1)c1ccc(Cl)c(Cl)c1. The Morgan fingerprint density at radius 1 is 0.947 bits per heavy atom. The van der Waals surface area contributed by atoms with Crippen LogP contribution in [0.4, 0.5) is 11.4 Å². The lowest BCUT2D eigenvalue weighted by molar-refractivity contribution is -0.129.